The number of hydrogen-bond donors (Lipinski definition) is 2. The Labute approximate surface area is 116 Å². The SMILES string of the molecule is O=C(CC1COCCN1)NC1CCCC(C(F)(F)F)C1. The predicted molar refractivity (Wildman–Crippen MR) is 67.2 cm³/mol. The van der Waals surface area contributed by atoms with Crippen LogP contribution in [0.5, 0.6) is 0 Å². The van der Waals surface area contributed by atoms with Crippen LogP contribution in [0, 0.1) is 5.92 Å². The molecule has 116 valence electrons. The predicted octanol–water partition coefficient (Wildman–Crippen LogP) is 1.60. The lowest BCUT2D eigenvalue weighted by atomic mass is 9.85. The molecule has 0 aromatic carbocycles. The minimum atomic E-state index is -4.15. The van der Waals surface area contributed by atoms with Crippen LogP contribution < -0.4 is 10.6 Å². The quantitative estimate of drug-likeness (QED) is 0.831. The molecule has 2 rings (SSSR count). The van der Waals surface area contributed by atoms with Gasteiger partial charge in [0.15, 0.2) is 0 Å². The van der Waals surface area contributed by atoms with Crippen molar-refractivity contribution in [2.75, 3.05) is 19.8 Å². The average molecular weight is 294 g/mol. The summed E-state index contributed by atoms with van der Waals surface area (Å²) in [5.41, 5.74) is 0. The lowest BCUT2D eigenvalue weighted by Crippen LogP contribution is -2.47. The number of hydrogen-bond acceptors (Lipinski definition) is 3. The van der Waals surface area contributed by atoms with E-state index in [1.165, 1.54) is 0 Å². The Morgan fingerprint density at radius 3 is 2.80 bits per heavy atom. The third kappa shape index (κ3) is 4.63. The lowest BCUT2D eigenvalue weighted by Gasteiger charge is -2.31. The molecule has 20 heavy (non-hydrogen) atoms. The van der Waals surface area contributed by atoms with Crippen LogP contribution in [0.4, 0.5) is 13.2 Å². The van der Waals surface area contributed by atoms with Gasteiger partial charge in [0.05, 0.1) is 19.1 Å². The van der Waals surface area contributed by atoms with Crippen LogP contribution in [-0.2, 0) is 9.53 Å². The van der Waals surface area contributed by atoms with Gasteiger partial charge in [0.2, 0.25) is 5.91 Å². The molecule has 0 aromatic heterocycles. The standard InChI is InChI=1S/C13H21F3N2O2/c14-13(15,16)9-2-1-3-10(6-9)18-12(19)7-11-8-20-5-4-17-11/h9-11,17H,1-8H2,(H,18,19). The number of nitrogens with one attached hydrogen (secondary N) is 2. The maximum atomic E-state index is 12.7. The molecule has 1 aliphatic heterocycles. The molecule has 2 fully saturated rings. The summed E-state index contributed by atoms with van der Waals surface area (Å²) >= 11 is 0. The highest BCUT2D eigenvalue weighted by Gasteiger charge is 2.42. The zero-order valence-electron chi connectivity index (χ0n) is 11.3. The average Bonchev–Trinajstić information content (AvgIpc) is 2.39. The molecule has 0 radical (unpaired) electrons. The van der Waals surface area contributed by atoms with Gasteiger partial charge in [0, 0.05) is 25.0 Å². The highest BCUT2D eigenvalue weighted by atomic mass is 19.4. The van der Waals surface area contributed by atoms with Crippen molar-refractivity contribution in [3.8, 4) is 0 Å². The second-order valence-electron chi connectivity index (χ2n) is 5.60. The molecule has 1 saturated carbocycles. The van der Waals surface area contributed by atoms with E-state index in [0.717, 1.165) is 0 Å². The first-order valence-electron chi connectivity index (χ1n) is 7.12. The van der Waals surface area contributed by atoms with E-state index in [0.29, 0.717) is 32.6 Å². The fourth-order valence-electron chi connectivity index (χ4n) is 2.88. The van der Waals surface area contributed by atoms with Crippen molar-refractivity contribution in [3.05, 3.63) is 0 Å². The van der Waals surface area contributed by atoms with Gasteiger partial charge < -0.3 is 15.4 Å². The van der Waals surface area contributed by atoms with Crippen LogP contribution in [0.1, 0.15) is 32.1 Å². The minimum Gasteiger partial charge on any atom is -0.378 e. The van der Waals surface area contributed by atoms with E-state index >= 15 is 0 Å². The number of amides is 1. The highest BCUT2D eigenvalue weighted by Crippen LogP contribution is 2.37. The largest absolute Gasteiger partial charge is 0.391 e. The molecule has 4 nitrogen and oxygen atoms in total. The number of rotatable bonds is 3. The Morgan fingerprint density at radius 2 is 2.15 bits per heavy atom. The summed E-state index contributed by atoms with van der Waals surface area (Å²) in [4.78, 5) is 11.8. The third-order valence-electron chi connectivity index (χ3n) is 3.93. The first-order valence-corrected chi connectivity index (χ1v) is 7.12. The second kappa shape index (κ2) is 6.76. The number of halogens is 3. The fourth-order valence-corrected chi connectivity index (χ4v) is 2.88. The van der Waals surface area contributed by atoms with Gasteiger partial charge in [-0.2, -0.15) is 13.2 Å². The normalized spacial score (nSPS) is 31.9. The van der Waals surface area contributed by atoms with E-state index in [1.807, 2.05) is 0 Å². The Bertz CT molecular complexity index is 330. The Morgan fingerprint density at radius 1 is 1.35 bits per heavy atom. The van der Waals surface area contributed by atoms with E-state index in [-0.39, 0.29) is 37.3 Å². The van der Waals surface area contributed by atoms with E-state index in [1.54, 1.807) is 0 Å². The summed E-state index contributed by atoms with van der Waals surface area (Å²) in [6.45, 7) is 1.81. The van der Waals surface area contributed by atoms with Gasteiger partial charge in [-0.15, -0.1) is 0 Å². The molecule has 2 aliphatic rings. The summed E-state index contributed by atoms with van der Waals surface area (Å²) in [5, 5.41) is 5.89. The maximum Gasteiger partial charge on any atom is 0.391 e. The Kier molecular flexibility index (Phi) is 5.26. The molecule has 1 saturated heterocycles. The lowest BCUT2D eigenvalue weighted by molar-refractivity contribution is -0.184. The third-order valence-corrected chi connectivity index (χ3v) is 3.93. The van der Waals surface area contributed by atoms with Crippen LogP contribution in [-0.4, -0.2) is 43.9 Å². The van der Waals surface area contributed by atoms with Crippen molar-refractivity contribution in [3.63, 3.8) is 0 Å². The summed E-state index contributed by atoms with van der Waals surface area (Å²) < 4.78 is 43.3. The zero-order valence-corrected chi connectivity index (χ0v) is 11.3. The Balaban J connectivity index is 1.75. The van der Waals surface area contributed by atoms with Crippen LogP contribution in [0.15, 0.2) is 0 Å². The van der Waals surface area contributed by atoms with Gasteiger partial charge in [-0.05, 0) is 19.3 Å². The molecule has 0 aromatic rings. The second-order valence-corrected chi connectivity index (χ2v) is 5.60. The number of morpholine rings is 1. The number of carbonyl (C=O) groups excluding carboxylic acids is 1. The molecular formula is C13H21F3N2O2. The summed E-state index contributed by atoms with van der Waals surface area (Å²) in [6, 6.07) is -0.391. The smallest absolute Gasteiger partial charge is 0.378 e. The summed E-state index contributed by atoms with van der Waals surface area (Å²) in [6.07, 6.45) is -2.57. The minimum absolute atomic E-state index is 0.00380. The molecule has 0 spiro atoms. The van der Waals surface area contributed by atoms with Crippen molar-refractivity contribution in [2.45, 2.75) is 50.4 Å². The molecule has 1 amide bonds. The molecule has 2 N–H and O–H groups in total. The molecule has 1 heterocycles. The molecule has 3 atom stereocenters. The summed E-state index contributed by atoms with van der Waals surface area (Å²) in [5.74, 6) is -1.47. The van der Waals surface area contributed by atoms with Crippen LogP contribution in [0.2, 0.25) is 0 Å². The summed E-state index contributed by atoms with van der Waals surface area (Å²) in [7, 11) is 0. The molecular weight excluding hydrogens is 273 g/mol. The van der Waals surface area contributed by atoms with Gasteiger partial charge in [-0.25, -0.2) is 0 Å². The van der Waals surface area contributed by atoms with Gasteiger partial charge in [0.1, 0.15) is 0 Å². The van der Waals surface area contributed by atoms with E-state index in [9.17, 15) is 18.0 Å². The molecule has 7 heteroatoms. The van der Waals surface area contributed by atoms with Crippen molar-refractivity contribution < 1.29 is 22.7 Å². The monoisotopic (exact) mass is 294 g/mol. The first kappa shape index (κ1) is 15.6. The van der Waals surface area contributed by atoms with Crippen molar-refractivity contribution in [1.82, 2.24) is 10.6 Å². The molecule has 1 aliphatic carbocycles. The van der Waals surface area contributed by atoms with Crippen molar-refractivity contribution >= 4 is 5.91 Å². The van der Waals surface area contributed by atoms with Gasteiger partial charge in [-0.3, -0.25) is 4.79 Å². The van der Waals surface area contributed by atoms with Crippen LogP contribution in [0.3, 0.4) is 0 Å². The number of ether oxygens (including phenoxy) is 1. The zero-order chi connectivity index (χ0) is 14.6. The van der Waals surface area contributed by atoms with Gasteiger partial charge in [-0.1, -0.05) is 6.42 Å². The number of alkyl halides is 3. The van der Waals surface area contributed by atoms with Gasteiger partial charge >= 0.3 is 6.18 Å². The fraction of sp³-hybridized carbons (Fsp3) is 0.923. The highest BCUT2D eigenvalue weighted by molar-refractivity contribution is 5.76. The van der Waals surface area contributed by atoms with E-state index in [4.69, 9.17) is 4.74 Å². The maximum absolute atomic E-state index is 12.7. The van der Waals surface area contributed by atoms with Gasteiger partial charge in [0.25, 0.3) is 0 Å². The Hall–Kier alpha value is -0.820. The van der Waals surface area contributed by atoms with Crippen molar-refractivity contribution in [2.24, 2.45) is 5.92 Å². The number of carbonyl (C=O) groups is 1. The van der Waals surface area contributed by atoms with E-state index in [2.05, 4.69) is 10.6 Å². The topological polar surface area (TPSA) is 50.4 Å². The molecule has 0 bridgehead atoms. The van der Waals surface area contributed by atoms with Crippen molar-refractivity contribution in [1.29, 1.82) is 0 Å². The molecule has 3 unspecified atom stereocenters. The van der Waals surface area contributed by atoms with Crippen LogP contribution in [0.25, 0.3) is 0 Å². The van der Waals surface area contributed by atoms with Crippen LogP contribution >= 0.6 is 0 Å². The van der Waals surface area contributed by atoms with E-state index < -0.39 is 12.1 Å². The first-order chi connectivity index (χ1) is 9.45.